The maximum Gasteiger partial charge on any atom is 0.119 e. The van der Waals surface area contributed by atoms with E-state index in [9.17, 15) is 0 Å². The number of ether oxygens (including phenoxy) is 1. The zero-order valence-electron chi connectivity index (χ0n) is 16.1. The average Bonchev–Trinajstić information content (AvgIpc) is 2.67. The van der Waals surface area contributed by atoms with Gasteiger partial charge in [-0.15, -0.1) is 6.58 Å². The summed E-state index contributed by atoms with van der Waals surface area (Å²) in [6.07, 6.45) is 17.0. The Bertz CT molecular complexity index is 539. The van der Waals surface area contributed by atoms with Crippen LogP contribution in [-0.4, -0.2) is 6.61 Å². The number of benzene rings is 1. The molecule has 0 radical (unpaired) electrons. The summed E-state index contributed by atoms with van der Waals surface area (Å²) in [6.45, 7) is 6.85. The molecule has 1 fully saturated rings. The predicted octanol–water partition coefficient (Wildman–Crippen LogP) is 6.74. The van der Waals surface area contributed by atoms with E-state index < -0.39 is 0 Å². The van der Waals surface area contributed by atoms with Crippen LogP contribution < -0.4 is 4.74 Å². The first-order valence-electron chi connectivity index (χ1n) is 10.6. The fraction of sp³-hybridized carbons (Fsp3) is 0.667. The third-order valence-corrected chi connectivity index (χ3v) is 6.63. The summed E-state index contributed by atoms with van der Waals surface area (Å²) < 4.78 is 5.81. The minimum absolute atomic E-state index is 0.741. The van der Waals surface area contributed by atoms with Gasteiger partial charge in [0.2, 0.25) is 0 Å². The summed E-state index contributed by atoms with van der Waals surface area (Å²) in [5.74, 6) is 3.99. The molecule has 2 aliphatic carbocycles. The molecule has 1 unspecified atom stereocenters. The highest BCUT2D eigenvalue weighted by molar-refractivity contribution is 5.37. The maximum atomic E-state index is 5.81. The van der Waals surface area contributed by atoms with Gasteiger partial charge in [0.1, 0.15) is 5.75 Å². The van der Waals surface area contributed by atoms with Crippen LogP contribution in [0.4, 0.5) is 0 Å². The normalized spacial score (nSPS) is 26.0. The van der Waals surface area contributed by atoms with Crippen LogP contribution in [0, 0.1) is 17.8 Å². The smallest absolute Gasteiger partial charge is 0.119 e. The van der Waals surface area contributed by atoms with Gasteiger partial charge >= 0.3 is 0 Å². The van der Waals surface area contributed by atoms with Crippen LogP contribution in [0.2, 0.25) is 0 Å². The quantitative estimate of drug-likeness (QED) is 0.376. The molecule has 0 N–H and O–H groups in total. The van der Waals surface area contributed by atoms with Crippen molar-refractivity contribution in [3.63, 3.8) is 0 Å². The monoisotopic (exact) mass is 340 g/mol. The molecule has 1 aromatic carbocycles. The van der Waals surface area contributed by atoms with Crippen LogP contribution in [-0.2, 0) is 12.8 Å². The molecule has 1 heteroatoms. The largest absolute Gasteiger partial charge is 0.493 e. The van der Waals surface area contributed by atoms with E-state index in [2.05, 4.69) is 31.7 Å². The molecule has 0 aromatic heterocycles. The van der Waals surface area contributed by atoms with Gasteiger partial charge in [-0.05, 0) is 73.1 Å². The number of hydrogen-bond acceptors (Lipinski definition) is 1. The zero-order valence-corrected chi connectivity index (χ0v) is 16.1. The van der Waals surface area contributed by atoms with Crippen LogP contribution in [0.25, 0.3) is 0 Å². The van der Waals surface area contributed by atoms with Crippen molar-refractivity contribution in [2.75, 3.05) is 6.61 Å². The van der Waals surface area contributed by atoms with E-state index in [1.807, 2.05) is 6.08 Å². The Kier molecular flexibility index (Phi) is 7.02. The van der Waals surface area contributed by atoms with Crippen molar-refractivity contribution in [3.05, 3.63) is 42.0 Å². The standard InChI is InChI=1S/C24H36O/c1-3-5-16-25-24-15-14-22-17-21(12-13-23(22)18-24)11-10-20-8-6-19(4-2)7-9-20/h3,14-15,18-21H,1,4-13,16-17H2,2H3. The molecule has 0 heterocycles. The lowest BCUT2D eigenvalue weighted by Crippen LogP contribution is -2.18. The Hall–Kier alpha value is -1.24. The molecule has 1 saturated carbocycles. The lowest BCUT2D eigenvalue weighted by Gasteiger charge is -2.30. The summed E-state index contributed by atoms with van der Waals surface area (Å²) in [5.41, 5.74) is 3.10. The van der Waals surface area contributed by atoms with Gasteiger partial charge in [-0.3, -0.25) is 0 Å². The average molecular weight is 341 g/mol. The number of rotatable bonds is 8. The van der Waals surface area contributed by atoms with E-state index in [1.54, 1.807) is 5.56 Å². The fourth-order valence-corrected chi connectivity index (χ4v) is 4.80. The summed E-state index contributed by atoms with van der Waals surface area (Å²) in [5, 5.41) is 0. The van der Waals surface area contributed by atoms with Crippen molar-refractivity contribution >= 4 is 0 Å². The highest BCUT2D eigenvalue weighted by Gasteiger charge is 2.23. The van der Waals surface area contributed by atoms with Gasteiger partial charge in [0.05, 0.1) is 6.61 Å². The van der Waals surface area contributed by atoms with Gasteiger partial charge in [-0.25, -0.2) is 0 Å². The zero-order chi connectivity index (χ0) is 17.5. The van der Waals surface area contributed by atoms with Crippen LogP contribution in [0.1, 0.15) is 75.8 Å². The molecule has 1 nitrogen and oxygen atoms in total. The van der Waals surface area contributed by atoms with Gasteiger partial charge in [0, 0.05) is 0 Å². The Morgan fingerprint density at radius 2 is 1.76 bits per heavy atom. The molecule has 2 aliphatic rings. The molecular formula is C24H36O. The number of hydrogen-bond donors (Lipinski definition) is 0. The summed E-state index contributed by atoms with van der Waals surface area (Å²) >= 11 is 0. The third kappa shape index (κ3) is 5.36. The molecule has 1 atom stereocenters. The predicted molar refractivity (Wildman–Crippen MR) is 107 cm³/mol. The van der Waals surface area contributed by atoms with Crippen LogP contribution in [0.3, 0.4) is 0 Å². The lowest BCUT2D eigenvalue weighted by molar-refractivity contribution is 0.241. The minimum atomic E-state index is 0.741. The molecule has 0 saturated heterocycles. The third-order valence-electron chi connectivity index (χ3n) is 6.63. The second kappa shape index (κ2) is 9.46. The first-order valence-corrected chi connectivity index (χ1v) is 10.6. The van der Waals surface area contributed by atoms with Crippen molar-refractivity contribution in [3.8, 4) is 5.75 Å². The van der Waals surface area contributed by atoms with E-state index in [0.29, 0.717) is 0 Å². The van der Waals surface area contributed by atoms with E-state index in [0.717, 1.165) is 36.5 Å². The number of fused-ring (bicyclic) bond motifs is 1. The van der Waals surface area contributed by atoms with Gasteiger partial charge in [-0.1, -0.05) is 57.6 Å². The van der Waals surface area contributed by atoms with Crippen molar-refractivity contribution in [2.24, 2.45) is 17.8 Å². The summed E-state index contributed by atoms with van der Waals surface area (Å²) in [4.78, 5) is 0. The highest BCUT2D eigenvalue weighted by Crippen LogP contribution is 2.36. The second-order valence-electron chi connectivity index (χ2n) is 8.34. The van der Waals surface area contributed by atoms with Crippen LogP contribution in [0.5, 0.6) is 5.75 Å². The first-order chi connectivity index (χ1) is 12.3. The van der Waals surface area contributed by atoms with Crippen molar-refractivity contribution in [1.29, 1.82) is 0 Å². The molecule has 0 amide bonds. The topological polar surface area (TPSA) is 9.23 Å². The van der Waals surface area contributed by atoms with Crippen LogP contribution >= 0.6 is 0 Å². The van der Waals surface area contributed by atoms with E-state index in [1.165, 1.54) is 69.8 Å². The highest BCUT2D eigenvalue weighted by atomic mass is 16.5. The SMILES string of the molecule is C=CCCOc1ccc2c(c1)CCC(CCC1CCC(CC)CC1)C2. The van der Waals surface area contributed by atoms with E-state index in [4.69, 9.17) is 4.74 Å². The molecule has 0 bridgehead atoms. The number of aryl methyl sites for hydroxylation is 1. The van der Waals surface area contributed by atoms with Gasteiger partial charge in [-0.2, -0.15) is 0 Å². The molecule has 25 heavy (non-hydrogen) atoms. The Balaban J connectivity index is 1.44. The van der Waals surface area contributed by atoms with Crippen molar-refractivity contribution in [1.82, 2.24) is 0 Å². The van der Waals surface area contributed by atoms with E-state index >= 15 is 0 Å². The fourth-order valence-electron chi connectivity index (χ4n) is 4.80. The van der Waals surface area contributed by atoms with Gasteiger partial charge < -0.3 is 4.74 Å². The molecule has 138 valence electrons. The van der Waals surface area contributed by atoms with Gasteiger partial charge in [0.25, 0.3) is 0 Å². The lowest BCUT2D eigenvalue weighted by atomic mass is 9.76. The first kappa shape index (κ1) is 18.5. The van der Waals surface area contributed by atoms with Crippen molar-refractivity contribution in [2.45, 2.75) is 77.6 Å². The van der Waals surface area contributed by atoms with E-state index in [-0.39, 0.29) is 0 Å². The molecule has 0 spiro atoms. The Morgan fingerprint density at radius 1 is 1.00 bits per heavy atom. The minimum Gasteiger partial charge on any atom is -0.493 e. The molecule has 0 aliphatic heterocycles. The summed E-state index contributed by atoms with van der Waals surface area (Å²) in [6, 6.07) is 6.76. The second-order valence-corrected chi connectivity index (χ2v) is 8.34. The van der Waals surface area contributed by atoms with Gasteiger partial charge in [0.15, 0.2) is 0 Å². The molecular weight excluding hydrogens is 304 g/mol. The molecule has 1 aromatic rings. The van der Waals surface area contributed by atoms with Crippen LogP contribution in [0.15, 0.2) is 30.9 Å². The molecule has 3 rings (SSSR count). The Morgan fingerprint density at radius 3 is 2.52 bits per heavy atom. The maximum absolute atomic E-state index is 5.81. The summed E-state index contributed by atoms with van der Waals surface area (Å²) in [7, 11) is 0. The Labute approximate surface area is 154 Å². The van der Waals surface area contributed by atoms with Crippen molar-refractivity contribution < 1.29 is 4.74 Å².